The number of alkyl halides is 1. The molecule has 0 aromatic heterocycles. The second-order valence-electron chi connectivity index (χ2n) is 4.92. The lowest BCUT2D eigenvalue weighted by Gasteiger charge is -2.16. The van der Waals surface area contributed by atoms with E-state index >= 15 is 0 Å². The van der Waals surface area contributed by atoms with E-state index in [1.54, 1.807) is 7.11 Å². The molecule has 0 aliphatic heterocycles. The van der Waals surface area contributed by atoms with Crippen molar-refractivity contribution in [3.8, 4) is 0 Å². The maximum absolute atomic E-state index is 6.39. The summed E-state index contributed by atoms with van der Waals surface area (Å²) in [6, 6.07) is 0. The third kappa shape index (κ3) is 7.57. The first-order valence-corrected chi connectivity index (χ1v) is 7.56. The molecule has 0 amide bonds. The summed E-state index contributed by atoms with van der Waals surface area (Å²) in [4.78, 5) is 0. The van der Waals surface area contributed by atoms with Gasteiger partial charge in [0.2, 0.25) is 0 Å². The largest absolute Gasteiger partial charge is 0.382 e. The van der Waals surface area contributed by atoms with Crippen molar-refractivity contribution >= 4 is 11.6 Å². The van der Waals surface area contributed by atoms with Crippen molar-refractivity contribution < 1.29 is 14.2 Å². The number of methoxy groups -OCH3 is 1. The van der Waals surface area contributed by atoms with Gasteiger partial charge >= 0.3 is 0 Å². The molecule has 0 N–H and O–H groups in total. The maximum atomic E-state index is 6.39. The van der Waals surface area contributed by atoms with Crippen molar-refractivity contribution in [3.63, 3.8) is 0 Å². The quantitative estimate of drug-likeness (QED) is 0.429. The molecule has 3 nitrogen and oxygen atoms in total. The van der Waals surface area contributed by atoms with Crippen LogP contribution in [0.3, 0.4) is 0 Å². The fourth-order valence-corrected chi connectivity index (χ4v) is 2.81. The zero-order valence-electron chi connectivity index (χ0n) is 11.5. The number of hydrogen-bond acceptors (Lipinski definition) is 3. The fourth-order valence-electron chi connectivity index (χ4n) is 2.40. The lowest BCUT2D eigenvalue weighted by molar-refractivity contribution is 0.0239. The lowest BCUT2D eigenvalue weighted by Crippen LogP contribution is -2.13. The first-order chi connectivity index (χ1) is 8.84. The molecule has 1 atom stereocenters. The van der Waals surface area contributed by atoms with Crippen LogP contribution in [0.5, 0.6) is 0 Å². The first kappa shape index (κ1) is 16.2. The Bertz CT molecular complexity index is 184. The Morgan fingerprint density at radius 1 is 1.00 bits per heavy atom. The molecule has 0 saturated heterocycles. The average molecular weight is 279 g/mol. The van der Waals surface area contributed by atoms with E-state index in [1.807, 2.05) is 0 Å². The minimum Gasteiger partial charge on any atom is -0.382 e. The van der Waals surface area contributed by atoms with E-state index in [0.29, 0.717) is 31.8 Å². The number of halogens is 1. The van der Waals surface area contributed by atoms with E-state index in [0.717, 1.165) is 25.4 Å². The van der Waals surface area contributed by atoms with Crippen molar-refractivity contribution in [2.75, 3.05) is 40.1 Å². The van der Waals surface area contributed by atoms with Crippen LogP contribution in [-0.2, 0) is 14.2 Å². The molecule has 0 aromatic carbocycles. The summed E-state index contributed by atoms with van der Waals surface area (Å²) in [6.45, 7) is 3.40. The van der Waals surface area contributed by atoms with E-state index in [4.69, 9.17) is 25.8 Å². The highest BCUT2D eigenvalue weighted by atomic mass is 35.5. The molecule has 1 aliphatic rings. The van der Waals surface area contributed by atoms with Gasteiger partial charge in [-0.15, -0.1) is 11.6 Å². The Labute approximate surface area is 116 Å². The summed E-state index contributed by atoms with van der Waals surface area (Å²) < 4.78 is 15.7. The number of ether oxygens (including phenoxy) is 3. The van der Waals surface area contributed by atoms with Gasteiger partial charge in [0.15, 0.2) is 0 Å². The van der Waals surface area contributed by atoms with Crippen molar-refractivity contribution in [1.82, 2.24) is 0 Å². The number of rotatable bonds is 11. The monoisotopic (exact) mass is 278 g/mol. The summed E-state index contributed by atoms with van der Waals surface area (Å²) in [5.41, 5.74) is 0. The summed E-state index contributed by atoms with van der Waals surface area (Å²) >= 11 is 6.39. The van der Waals surface area contributed by atoms with E-state index in [9.17, 15) is 0 Å². The Morgan fingerprint density at radius 3 is 2.28 bits per heavy atom. The molecule has 108 valence electrons. The molecule has 18 heavy (non-hydrogen) atoms. The van der Waals surface area contributed by atoms with E-state index in [2.05, 4.69) is 0 Å². The van der Waals surface area contributed by atoms with Crippen LogP contribution in [0.4, 0.5) is 0 Å². The smallest absolute Gasteiger partial charge is 0.0701 e. The van der Waals surface area contributed by atoms with Gasteiger partial charge in [-0.25, -0.2) is 0 Å². The molecule has 1 aliphatic carbocycles. The van der Waals surface area contributed by atoms with Crippen molar-refractivity contribution in [1.29, 1.82) is 0 Å². The SMILES string of the molecule is COCCOCCOCCCC(Cl)C1CCCC1. The average Bonchev–Trinajstić information content (AvgIpc) is 2.90. The van der Waals surface area contributed by atoms with Crippen LogP contribution in [0.2, 0.25) is 0 Å². The van der Waals surface area contributed by atoms with Crippen LogP contribution in [-0.4, -0.2) is 45.5 Å². The zero-order valence-corrected chi connectivity index (χ0v) is 12.3. The van der Waals surface area contributed by atoms with Gasteiger partial charge in [-0.1, -0.05) is 12.8 Å². The highest BCUT2D eigenvalue weighted by molar-refractivity contribution is 6.20. The summed E-state index contributed by atoms with van der Waals surface area (Å²) in [5.74, 6) is 0.754. The van der Waals surface area contributed by atoms with Crippen molar-refractivity contribution in [3.05, 3.63) is 0 Å². The highest BCUT2D eigenvalue weighted by Crippen LogP contribution is 2.32. The molecule has 1 rings (SSSR count). The van der Waals surface area contributed by atoms with Crippen LogP contribution >= 0.6 is 11.6 Å². The molecule has 0 radical (unpaired) electrons. The molecular weight excluding hydrogens is 252 g/mol. The third-order valence-electron chi connectivity index (χ3n) is 3.48. The maximum Gasteiger partial charge on any atom is 0.0701 e. The van der Waals surface area contributed by atoms with Gasteiger partial charge in [0.25, 0.3) is 0 Å². The van der Waals surface area contributed by atoms with Crippen LogP contribution in [0.25, 0.3) is 0 Å². The molecule has 0 bridgehead atoms. The van der Waals surface area contributed by atoms with Gasteiger partial charge in [-0.3, -0.25) is 0 Å². The van der Waals surface area contributed by atoms with Crippen LogP contribution < -0.4 is 0 Å². The highest BCUT2D eigenvalue weighted by Gasteiger charge is 2.22. The van der Waals surface area contributed by atoms with Crippen LogP contribution in [0, 0.1) is 5.92 Å². The number of hydrogen-bond donors (Lipinski definition) is 0. The van der Waals surface area contributed by atoms with Gasteiger partial charge in [-0.2, -0.15) is 0 Å². The molecule has 4 heteroatoms. The standard InChI is InChI=1S/C14H27ClO3/c1-16-9-10-18-12-11-17-8-4-7-14(15)13-5-2-3-6-13/h13-14H,2-12H2,1H3. The molecule has 0 heterocycles. The topological polar surface area (TPSA) is 27.7 Å². The molecule has 0 aromatic rings. The van der Waals surface area contributed by atoms with Gasteiger partial charge < -0.3 is 14.2 Å². The molecular formula is C14H27ClO3. The van der Waals surface area contributed by atoms with E-state index in [-0.39, 0.29) is 0 Å². The Balaban J connectivity index is 1.80. The van der Waals surface area contributed by atoms with Crippen LogP contribution in [0.1, 0.15) is 38.5 Å². The second kappa shape index (κ2) is 11.0. The first-order valence-electron chi connectivity index (χ1n) is 7.13. The lowest BCUT2D eigenvalue weighted by atomic mass is 10.0. The van der Waals surface area contributed by atoms with E-state index < -0.39 is 0 Å². The predicted molar refractivity (Wildman–Crippen MR) is 74.3 cm³/mol. The van der Waals surface area contributed by atoms with Gasteiger partial charge in [0.05, 0.1) is 26.4 Å². The Hall–Kier alpha value is 0.170. The Kier molecular flexibility index (Phi) is 9.95. The molecule has 1 saturated carbocycles. The van der Waals surface area contributed by atoms with Crippen molar-refractivity contribution in [2.24, 2.45) is 5.92 Å². The molecule has 1 fully saturated rings. The summed E-state index contributed by atoms with van der Waals surface area (Å²) in [6.07, 6.45) is 7.51. The minimum absolute atomic E-state index is 0.356. The minimum atomic E-state index is 0.356. The molecule has 0 spiro atoms. The fraction of sp³-hybridized carbons (Fsp3) is 1.00. The zero-order chi connectivity index (χ0) is 13.1. The molecule has 1 unspecified atom stereocenters. The summed E-state index contributed by atoms with van der Waals surface area (Å²) in [5, 5.41) is 0.356. The third-order valence-corrected chi connectivity index (χ3v) is 4.06. The summed E-state index contributed by atoms with van der Waals surface area (Å²) in [7, 11) is 1.67. The van der Waals surface area contributed by atoms with Gasteiger partial charge in [-0.05, 0) is 31.6 Å². The van der Waals surface area contributed by atoms with Gasteiger partial charge in [0, 0.05) is 19.1 Å². The van der Waals surface area contributed by atoms with Crippen molar-refractivity contribution in [2.45, 2.75) is 43.9 Å². The van der Waals surface area contributed by atoms with Gasteiger partial charge in [0.1, 0.15) is 0 Å². The second-order valence-corrected chi connectivity index (χ2v) is 5.48. The normalized spacial score (nSPS) is 18.3. The van der Waals surface area contributed by atoms with Crippen LogP contribution in [0.15, 0.2) is 0 Å². The Morgan fingerprint density at radius 2 is 1.61 bits per heavy atom. The predicted octanol–water partition coefficient (Wildman–Crippen LogP) is 3.24. The van der Waals surface area contributed by atoms with E-state index in [1.165, 1.54) is 25.7 Å².